The summed E-state index contributed by atoms with van der Waals surface area (Å²) in [7, 11) is 0. The first-order valence-corrected chi connectivity index (χ1v) is 5.11. The Morgan fingerprint density at radius 2 is 2.24 bits per heavy atom. The van der Waals surface area contributed by atoms with Gasteiger partial charge in [0.15, 0.2) is 0 Å². The molecule has 0 radical (unpaired) electrons. The number of hydrogen-bond donors (Lipinski definition) is 2. The van der Waals surface area contributed by atoms with Crippen LogP contribution in [0.2, 0.25) is 5.02 Å². The van der Waals surface area contributed by atoms with E-state index in [1.54, 1.807) is 25.1 Å². The number of carbonyl (C=O) groups excluding carboxylic acids is 1. The van der Waals surface area contributed by atoms with Crippen LogP contribution in [0.4, 0.5) is 11.7 Å². The number of amides is 1. The molecule has 1 aromatic heterocycles. The summed E-state index contributed by atoms with van der Waals surface area (Å²) < 4.78 is 5.02. The second kappa shape index (κ2) is 4.42. The number of nitrogens with one attached hydrogen (secondary N) is 1. The summed E-state index contributed by atoms with van der Waals surface area (Å²) in [6, 6.07) is 4.81. The third-order valence-corrected chi connectivity index (χ3v) is 2.44. The molecule has 0 spiro atoms. The molecule has 0 fully saturated rings. The first-order chi connectivity index (χ1) is 8.08. The summed E-state index contributed by atoms with van der Waals surface area (Å²) in [5.41, 5.74) is 6.18. The number of benzene rings is 1. The largest absolute Gasteiger partial charge is 0.408 e. The molecule has 3 N–H and O–H groups in total. The van der Waals surface area contributed by atoms with E-state index in [2.05, 4.69) is 15.5 Å². The van der Waals surface area contributed by atoms with Gasteiger partial charge in [-0.15, -0.1) is 5.10 Å². The SMILES string of the molecule is Cc1nnc(NC(=O)c2cccc(N)c2Cl)o1. The van der Waals surface area contributed by atoms with Crippen molar-refractivity contribution in [2.45, 2.75) is 6.92 Å². The molecule has 1 aromatic carbocycles. The Labute approximate surface area is 102 Å². The molecule has 0 aliphatic rings. The van der Waals surface area contributed by atoms with Gasteiger partial charge in [0.25, 0.3) is 5.91 Å². The van der Waals surface area contributed by atoms with Gasteiger partial charge in [0.2, 0.25) is 5.89 Å². The van der Waals surface area contributed by atoms with Crippen LogP contribution in [0.5, 0.6) is 0 Å². The highest BCUT2D eigenvalue weighted by Crippen LogP contribution is 2.23. The summed E-state index contributed by atoms with van der Waals surface area (Å²) >= 11 is 5.91. The molecule has 0 bridgehead atoms. The molecule has 6 nitrogen and oxygen atoms in total. The molecule has 1 amide bonds. The summed E-state index contributed by atoms with van der Waals surface area (Å²) in [6.07, 6.45) is 0. The van der Waals surface area contributed by atoms with E-state index in [0.717, 1.165) is 0 Å². The van der Waals surface area contributed by atoms with Crippen molar-refractivity contribution in [3.63, 3.8) is 0 Å². The molecule has 0 saturated carbocycles. The fourth-order valence-corrected chi connectivity index (χ4v) is 1.45. The van der Waals surface area contributed by atoms with Crippen LogP contribution in [-0.2, 0) is 0 Å². The molecular formula is C10H9ClN4O2. The normalized spacial score (nSPS) is 10.2. The van der Waals surface area contributed by atoms with Crippen molar-refractivity contribution in [2.75, 3.05) is 11.1 Å². The van der Waals surface area contributed by atoms with E-state index in [0.29, 0.717) is 11.6 Å². The number of aromatic nitrogens is 2. The maximum absolute atomic E-state index is 11.8. The van der Waals surface area contributed by atoms with Gasteiger partial charge in [-0.25, -0.2) is 0 Å². The van der Waals surface area contributed by atoms with Gasteiger partial charge in [-0.2, -0.15) is 0 Å². The maximum atomic E-state index is 11.8. The first-order valence-electron chi connectivity index (χ1n) is 4.73. The molecule has 0 aliphatic heterocycles. The van der Waals surface area contributed by atoms with Crippen molar-refractivity contribution < 1.29 is 9.21 Å². The number of halogens is 1. The number of nitrogens with two attached hydrogens (primary N) is 1. The molecule has 0 aliphatic carbocycles. The predicted molar refractivity (Wildman–Crippen MR) is 62.9 cm³/mol. The zero-order chi connectivity index (χ0) is 12.4. The Morgan fingerprint density at radius 1 is 1.47 bits per heavy atom. The van der Waals surface area contributed by atoms with Crippen molar-refractivity contribution in [3.8, 4) is 0 Å². The van der Waals surface area contributed by atoms with Gasteiger partial charge in [0.1, 0.15) is 0 Å². The third-order valence-electron chi connectivity index (χ3n) is 2.02. The molecule has 1 heterocycles. The number of nitrogens with zero attached hydrogens (tertiary/aromatic N) is 2. The third kappa shape index (κ3) is 2.36. The minimum atomic E-state index is -0.453. The molecule has 2 aromatic rings. The van der Waals surface area contributed by atoms with Crippen LogP contribution >= 0.6 is 11.6 Å². The van der Waals surface area contributed by atoms with Gasteiger partial charge in [-0.3, -0.25) is 10.1 Å². The van der Waals surface area contributed by atoms with Crippen LogP contribution in [0.15, 0.2) is 22.6 Å². The lowest BCUT2D eigenvalue weighted by atomic mass is 10.2. The Morgan fingerprint density at radius 3 is 2.88 bits per heavy atom. The van der Waals surface area contributed by atoms with E-state index in [4.69, 9.17) is 21.8 Å². The second-order valence-corrected chi connectivity index (χ2v) is 3.67. The Balaban J connectivity index is 2.23. The highest BCUT2D eigenvalue weighted by molar-refractivity contribution is 6.36. The molecule has 2 rings (SSSR count). The van der Waals surface area contributed by atoms with E-state index in [9.17, 15) is 4.79 Å². The number of anilines is 2. The molecule has 0 saturated heterocycles. The molecule has 17 heavy (non-hydrogen) atoms. The van der Waals surface area contributed by atoms with Crippen molar-refractivity contribution in [2.24, 2.45) is 0 Å². The second-order valence-electron chi connectivity index (χ2n) is 3.29. The van der Waals surface area contributed by atoms with Gasteiger partial charge < -0.3 is 10.2 Å². The Bertz CT molecular complexity index is 567. The predicted octanol–water partition coefficient (Wildman–Crippen LogP) is 1.87. The lowest BCUT2D eigenvalue weighted by Crippen LogP contribution is -2.13. The average Bonchev–Trinajstić information content (AvgIpc) is 2.68. The maximum Gasteiger partial charge on any atom is 0.322 e. The number of carbonyl (C=O) groups is 1. The van der Waals surface area contributed by atoms with Gasteiger partial charge in [-0.1, -0.05) is 22.8 Å². The minimum Gasteiger partial charge on any atom is -0.408 e. The lowest BCUT2D eigenvalue weighted by molar-refractivity contribution is 0.102. The standard InChI is InChI=1S/C10H9ClN4O2/c1-5-14-15-10(17-5)13-9(16)6-3-2-4-7(12)8(6)11/h2-4H,12H2,1H3,(H,13,15,16). The number of hydrogen-bond acceptors (Lipinski definition) is 5. The number of nitrogen functional groups attached to an aromatic ring is 1. The van der Waals surface area contributed by atoms with Crippen LogP contribution < -0.4 is 11.1 Å². The smallest absolute Gasteiger partial charge is 0.322 e. The number of rotatable bonds is 2. The van der Waals surface area contributed by atoms with Gasteiger partial charge >= 0.3 is 6.01 Å². The van der Waals surface area contributed by atoms with Crippen LogP contribution in [0.3, 0.4) is 0 Å². The molecule has 7 heteroatoms. The van der Waals surface area contributed by atoms with Crippen LogP contribution in [0.1, 0.15) is 16.2 Å². The van der Waals surface area contributed by atoms with Crippen LogP contribution in [0.25, 0.3) is 0 Å². The quantitative estimate of drug-likeness (QED) is 0.796. The van der Waals surface area contributed by atoms with Crippen LogP contribution in [0, 0.1) is 6.92 Å². The topological polar surface area (TPSA) is 94.0 Å². The van der Waals surface area contributed by atoms with Crippen LogP contribution in [-0.4, -0.2) is 16.1 Å². The summed E-state index contributed by atoms with van der Waals surface area (Å²) in [6.45, 7) is 1.62. The lowest BCUT2D eigenvalue weighted by Gasteiger charge is -2.04. The zero-order valence-corrected chi connectivity index (χ0v) is 9.65. The molecule has 0 unspecified atom stereocenters. The van der Waals surface area contributed by atoms with E-state index >= 15 is 0 Å². The van der Waals surface area contributed by atoms with Crippen molar-refractivity contribution >= 4 is 29.2 Å². The monoisotopic (exact) mass is 252 g/mol. The molecule has 88 valence electrons. The van der Waals surface area contributed by atoms with Gasteiger partial charge in [0.05, 0.1) is 16.3 Å². The molecule has 0 atom stereocenters. The van der Waals surface area contributed by atoms with E-state index in [1.807, 2.05) is 0 Å². The van der Waals surface area contributed by atoms with E-state index in [1.165, 1.54) is 0 Å². The summed E-state index contributed by atoms with van der Waals surface area (Å²) in [5, 5.41) is 9.85. The minimum absolute atomic E-state index is 0.0194. The zero-order valence-electron chi connectivity index (χ0n) is 8.90. The summed E-state index contributed by atoms with van der Waals surface area (Å²) in [5.74, 6) is -0.0927. The fourth-order valence-electron chi connectivity index (χ4n) is 1.24. The number of aryl methyl sites for hydroxylation is 1. The first kappa shape index (κ1) is 11.4. The summed E-state index contributed by atoms with van der Waals surface area (Å²) in [4.78, 5) is 11.8. The fraction of sp³-hybridized carbons (Fsp3) is 0.100. The highest BCUT2D eigenvalue weighted by atomic mass is 35.5. The molecular weight excluding hydrogens is 244 g/mol. The van der Waals surface area contributed by atoms with E-state index in [-0.39, 0.29) is 16.6 Å². The Hall–Kier alpha value is -2.08. The Kier molecular flexibility index (Phi) is 2.97. The van der Waals surface area contributed by atoms with Crippen molar-refractivity contribution in [3.05, 3.63) is 34.7 Å². The van der Waals surface area contributed by atoms with Crippen molar-refractivity contribution in [1.82, 2.24) is 10.2 Å². The average molecular weight is 253 g/mol. The van der Waals surface area contributed by atoms with Gasteiger partial charge in [-0.05, 0) is 12.1 Å². The van der Waals surface area contributed by atoms with E-state index < -0.39 is 5.91 Å². The van der Waals surface area contributed by atoms with Crippen molar-refractivity contribution in [1.29, 1.82) is 0 Å². The highest BCUT2D eigenvalue weighted by Gasteiger charge is 2.14. The van der Waals surface area contributed by atoms with Gasteiger partial charge in [0, 0.05) is 6.92 Å².